The van der Waals surface area contributed by atoms with Crippen LogP contribution in [0.3, 0.4) is 0 Å². The van der Waals surface area contributed by atoms with Crippen molar-refractivity contribution < 1.29 is 4.79 Å². The number of carbonyl (C=O) groups is 1. The first-order chi connectivity index (χ1) is 11.8. The van der Waals surface area contributed by atoms with Crippen LogP contribution in [0.15, 0.2) is 71.7 Å². The number of thiophene rings is 1. The van der Waals surface area contributed by atoms with Crippen LogP contribution in [0.2, 0.25) is 0 Å². The van der Waals surface area contributed by atoms with Crippen LogP contribution in [-0.4, -0.2) is 15.5 Å². The molecule has 0 aliphatic heterocycles. The maximum atomic E-state index is 12.5. The van der Waals surface area contributed by atoms with E-state index in [1.54, 1.807) is 17.4 Å². The monoisotopic (exact) mass is 351 g/mol. The van der Waals surface area contributed by atoms with Crippen molar-refractivity contribution in [3.05, 3.63) is 77.2 Å². The molecule has 0 atom stereocenters. The topological polar surface area (TPSA) is 46.9 Å². The summed E-state index contributed by atoms with van der Waals surface area (Å²) < 4.78 is 1.97. The Labute approximate surface area is 147 Å². The molecular formula is C18H13N3OS2. The fraction of sp³-hybridized carbons (Fsp3) is 0. The van der Waals surface area contributed by atoms with Crippen molar-refractivity contribution in [1.82, 2.24) is 9.55 Å². The molecule has 4 rings (SSSR count). The van der Waals surface area contributed by atoms with E-state index in [0.29, 0.717) is 10.7 Å². The Hall–Kier alpha value is -2.70. The smallest absolute Gasteiger partial charge is 0.257 e. The van der Waals surface area contributed by atoms with Crippen molar-refractivity contribution in [2.24, 2.45) is 0 Å². The Morgan fingerprint density at radius 1 is 1.04 bits per heavy atom. The first-order valence-corrected chi connectivity index (χ1v) is 9.10. The SMILES string of the molecule is O=C(Nc1nc(-c2cccs2)cs1)c1cccc(-n2cccc2)c1. The van der Waals surface area contributed by atoms with Gasteiger partial charge in [-0.25, -0.2) is 4.98 Å². The van der Waals surface area contributed by atoms with Gasteiger partial charge in [0.05, 0.1) is 10.6 Å². The van der Waals surface area contributed by atoms with E-state index in [0.717, 1.165) is 16.3 Å². The quantitative estimate of drug-likeness (QED) is 0.567. The number of hydrogen-bond donors (Lipinski definition) is 1. The molecule has 1 amide bonds. The number of rotatable bonds is 4. The summed E-state index contributed by atoms with van der Waals surface area (Å²) in [5.74, 6) is -0.156. The van der Waals surface area contributed by atoms with E-state index in [2.05, 4.69) is 10.3 Å². The number of carbonyl (C=O) groups excluding carboxylic acids is 1. The standard InChI is InChI=1S/C18H13N3OS2/c22-17(13-5-3-6-14(11-13)21-8-1-2-9-21)20-18-19-15(12-24-18)16-7-4-10-23-16/h1-12H,(H,19,20,22). The predicted octanol–water partition coefficient (Wildman–Crippen LogP) is 4.91. The lowest BCUT2D eigenvalue weighted by Gasteiger charge is -2.06. The van der Waals surface area contributed by atoms with Crippen LogP contribution >= 0.6 is 22.7 Å². The van der Waals surface area contributed by atoms with Gasteiger partial charge in [-0.2, -0.15) is 0 Å². The third kappa shape index (κ3) is 3.02. The number of amides is 1. The lowest BCUT2D eigenvalue weighted by atomic mass is 10.2. The Kier molecular flexibility index (Phi) is 3.98. The fourth-order valence-electron chi connectivity index (χ4n) is 2.35. The molecule has 0 saturated heterocycles. The Bertz CT molecular complexity index is 956. The van der Waals surface area contributed by atoms with E-state index in [-0.39, 0.29) is 5.91 Å². The molecule has 3 heterocycles. The highest BCUT2D eigenvalue weighted by atomic mass is 32.1. The van der Waals surface area contributed by atoms with Gasteiger partial charge in [0.25, 0.3) is 5.91 Å². The lowest BCUT2D eigenvalue weighted by Crippen LogP contribution is -2.12. The van der Waals surface area contributed by atoms with Crippen LogP contribution in [0.4, 0.5) is 5.13 Å². The number of anilines is 1. The van der Waals surface area contributed by atoms with Gasteiger partial charge in [0.2, 0.25) is 0 Å². The Morgan fingerprint density at radius 2 is 1.92 bits per heavy atom. The summed E-state index contributed by atoms with van der Waals surface area (Å²) in [6, 6.07) is 15.4. The highest BCUT2D eigenvalue weighted by molar-refractivity contribution is 7.16. The zero-order valence-electron chi connectivity index (χ0n) is 12.5. The molecule has 0 fully saturated rings. The molecule has 1 aromatic carbocycles. The van der Waals surface area contributed by atoms with Gasteiger partial charge >= 0.3 is 0 Å². The summed E-state index contributed by atoms with van der Waals surface area (Å²) in [5, 5.41) is 7.45. The van der Waals surface area contributed by atoms with Gasteiger partial charge in [0.1, 0.15) is 0 Å². The van der Waals surface area contributed by atoms with E-state index in [1.807, 2.05) is 70.2 Å². The molecule has 0 radical (unpaired) electrons. The molecule has 0 aliphatic carbocycles. The third-order valence-corrected chi connectivity index (χ3v) is 5.16. The molecule has 0 aliphatic rings. The number of nitrogens with zero attached hydrogens (tertiary/aromatic N) is 2. The molecule has 0 unspecified atom stereocenters. The molecule has 3 aromatic heterocycles. The molecule has 4 nitrogen and oxygen atoms in total. The highest BCUT2D eigenvalue weighted by Crippen LogP contribution is 2.28. The summed E-state index contributed by atoms with van der Waals surface area (Å²) in [6.45, 7) is 0. The minimum absolute atomic E-state index is 0.156. The maximum Gasteiger partial charge on any atom is 0.257 e. The van der Waals surface area contributed by atoms with E-state index in [1.165, 1.54) is 11.3 Å². The van der Waals surface area contributed by atoms with Crippen molar-refractivity contribution >= 4 is 33.7 Å². The van der Waals surface area contributed by atoms with Crippen molar-refractivity contribution in [2.45, 2.75) is 0 Å². The van der Waals surface area contributed by atoms with E-state index >= 15 is 0 Å². The average Bonchev–Trinajstić information content (AvgIpc) is 3.36. The van der Waals surface area contributed by atoms with Gasteiger partial charge in [0.15, 0.2) is 5.13 Å². The molecule has 118 valence electrons. The van der Waals surface area contributed by atoms with Crippen LogP contribution in [0.5, 0.6) is 0 Å². The van der Waals surface area contributed by atoms with Gasteiger partial charge in [0, 0.05) is 29.0 Å². The molecule has 1 N–H and O–H groups in total. The van der Waals surface area contributed by atoms with Crippen LogP contribution in [0.1, 0.15) is 10.4 Å². The molecule has 4 aromatic rings. The number of thiazole rings is 1. The molecule has 24 heavy (non-hydrogen) atoms. The lowest BCUT2D eigenvalue weighted by molar-refractivity contribution is 0.102. The number of nitrogens with one attached hydrogen (secondary N) is 1. The van der Waals surface area contributed by atoms with Crippen LogP contribution in [0.25, 0.3) is 16.3 Å². The molecule has 0 bridgehead atoms. The van der Waals surface area contributed by atoms with Gasteiger partial charge in [-0.05, 0) is 41.8 Å². The summed E-state index contributed by atoms with van der Waals surface area (Å²) >= 11 is 3.06. The summed E-state index contributed by atoms with van der Waals surface area (Å²) in [7, 11) is 0. The zero-order chi connectivity index (χ0) is 16.4. The number of hydrogen-bond acceptors (Lipinski definition) is 4. The van der Waals surface area contributed by atoms with Crippen molar-refractivity contribution in [1.29, 1.82) is 0 Å². The van der Waals surface area contributed by atoms with Crippen molar-refractivity contribution in [3.8, 4) is 16.3 Å². The number of benzene rings is 1. The second-order valence-electron chi connectivity index (χ2n) is 5.11. The number of aromatic nitrogens is 2. The summed E-state index contributed by atoms with van der Waals surface area (Å²) in [4.78, 5) is 18.1. The first-order valence-electron chi connectivity index (χ1n) is 7.34. The van der Waals surface area contributed by atoms with E-state index < -0.39 is 0 Å². The normalized spacial score (nSPS) is 10.7. The fourth-order valence-corrected chi connectivity index (χ4v) is 3.82. The van der Waals surface area contributed by atoms with Crippen molar-refractivity contribution in [3.63, 3.8) is 0 Å². The second-order valence-corrected chi connectivity index (χ2v) is 6.92. The van der Waals surface area contributed by atoms with Crippen LogP contribution in [-0.2, 0) is 0 Å². The zero-order valence-corrected chi connectivity index (χ0v) is 14.2. The summed E-state index contributed by atoms with van der Waals surface area (Å²) in [6.07, 6.45) is 3.90. The molecule has 6 heteroatoms. The van der Waals surface area contributed by atoms with E-state index in [4.69, 9.17) is 0 Å². The maximum absolute atomic E-state index is 12.5. The van der Waals surface area contributed by atoms with Gasteiger partial charge in [-0.15, -0.1) is 22.7 Å². The van der Waals surface area contributed by atoms with Crippen molar-refractivity contribution in [2.75, 3.05) is 5.32 Å². The third-order valence-electron chi connectivity index (χ3n) is 3.51. The second kappa shape index (κ2) is 6.43. The van der Waals surface area contributed by atoms with E-state index in [9.17, 15) is 4.79 Å². The predicted molar refractivity (Wildman–Crippen MR) is 99.1 cm³/mol. The van der Waals surface area contributed by atoms with Gasteiger partial charge in [-0.3, -0.25) is 10.1 Å². The first kappa shape index (κ1) is 14.9. The summed E-state index contributed by atoms with van der Waals surface area (Å²) in [5.41, 5.74) is 2.45. The minimum atomic E-state index is -0.156. The Morgan fingerprint density at radius 3 is 2.71 bits per heavy atom. The molecule has 0 saturated carbocycles. The highest BCUT2D eigenvalue weighted by Gasteiger charge is 2.11. The van der Waals surface area contributed by atoms with Gasteiger partial charge in [-0.1, -0.05) is 12.1 Å². The molecule has 0 spiro atoms. The largest absolute Gasteiger partial charge is 0.324 e. The van der Waals surface area contributed by atoms with Crippen LogP contribution < -0.4 is 5.32 Å². The Balaban J connectivity index is 1.53. The van der Waals surface area contributed by atoms with Gasteiger partial charge < -0.3 is 4.57 Å². The molecular weight excluding hydrogens is 338 g/mol. The van der Waals surface area contributed by atoms with Crippen LogP contribution in [0, 0.1) is 0 Å². The minimum Gasteiger partial charge on any atom is -0.324 e. The average molecular weight is 351 g/mol.